The second kappa shape index (κ2) is 37.3. The van der Waals surface area contributed by atoms with Gasteiger partial charge in [0.2, 0.25) is 0 Å². The number of aliphatic imine (C=N–C) groups is 1. The summed E-state index contributed by atoms with van der Waals surface area (Å²) in [6.45, 7) is 3.69. The van der Waals surface area contributed by atoms with E-state index in [1.165, 1.54) is 55.5 Å². The highest BCUT2D eigenvalue weighted by molar-refractivity contribution is 7.23. The van der Waals surface area contributed by atoms with Gasteiger partial charge in [-0.1, -0.05) is 24.3 Å². The number of hydroxylamine groups is 1. The number of aldehydes is 1. The second-order valence-corrected chi connectivity index (χ2v) is 28.1. The maximum absolute atomic E-state index is 13.0. The van der Waals surface area contributed by atoms with Crippen molar-refractivity contribution in [3.8, 4) is 39.0 Å². The lowest BCUT2D eigenvalue weighted by Gasteiger charge is -2.31. The van der Waals surface area contributed by atoms with E-state index in [2.05, 4.69) is 35.9 Å². The molecule has 1 amide bonds. The number of hydrogen-bond acceptors (Lipinski definition) is 25. The number of ether oxygens (including phenoxy) is 3. The van der Waals surface area contributed by atoms with Crippen LogP contribution in [0.3, 0.4) is 0 Å². The summed E-state index contributed by atoms with van der Waals surface area (Å²) in [5, 5.41) is 62.2. The van der Waals surface area contributed by atoms with Crippen molar-refractivity contribution < 1.29 is 98.9 Å². The number of methoxy groups -OCH3 is 3. The molecule has 508 valence electrons. The number of rotatable bonds is 25. The van der Waals surface area contributed by atoms with Gasteiger partial charge in [0.15, 0.2) is 17.9 Å². The highest BCUT2D eigenvalue weighted by Crippen LogP contribution is 2.35. The van der Waals surface area contributed by atoms with E-state index in [0.717, 1.165) is 99.9 Å². The third kappa shape index (κ3) is 22.8. The zero-order chi connectivity index (χ0) is 69.4. The number of carbonyl (C=O) groups excluding carboxylic acids is 5. The first kappa shape index (κ1) is 79.4. The molecule has 8 aromatic rings. The van der Waals surface area contributed by atoms with Crippen molar-refractivity contribution in [3.63, 3.8) is 0 Å². The van der Waals surface area contributed by atoms with E-state index in [9.17, 15) is 74.4 Å². The zero-order valence-corrected chi connectivity index (χ0v) is 56.6. The van der Waals surface area contributed by atoms with Crippen molar-refractivity contribution >= 4 is 127 Å². The maximum Gasteiger partial charge on any atom is 0.333 e. The summed E-state index contributed by atoms with van der Waals surface area (Å²) >= 11 is 12.4. The summed E-state index contributed by atoms with van der Waals surface area (Å²) in [7, 11) is 3.16. The Labute approximate surface area is 560 Å². The predicted molar refractivity (Wildman–Crippen MR) is 349 cm³/mol. The Balaban J connectivity index is 0.000000254. The molecule has 8 aromatic heterocycles. The molecule has 0 unspecified atom stereocenters. The molecule has 8 rings (SSSR count). The van der Waals surface area contributed by atoms with Gasteiger partial charge in [0.25, 0.3) is 31.6 Å². The van der Waals surface area contributed by atoms with E-state index in [-0.39, 0.29) is 13.1 Å². The largest absolute Gasteiger partial charge is 0.468 e. The van der Waals surface area contributed by atoms with Gasteiger partial charge in [0.05, 0.1) is 21.3 Å². The molecule has 0 aliphatic carbocycles. The number of nitrogens with one attached hydrogen (secondary N) is 3. The molecule has 8 heterocycles. The van der Waals surface area contributed by atoms with Gasteiger partial charge in [-0.2, -0.15) is 0 Å². The van der Waals surface area contributed by atoms with E-state index in [4.69, 9.17) is 16.0 Å². The lowest BCUT2D eigenvalue weighted by molar-refractivity contribution is -0.161. The topological polar surface area (TPSA) is 289 Å². The number of nitrogens with two attached hydrogens (primary N) is 1. The average Bonchev–Trinajstić information content (AvgIpc) is 1.24. The van der Waals surface area contributed by atoms with Gasteiger partial charge < -0.3 is 40.4 Å². The molecule has 18 nitrogen and oxygen atoms in total. The summed E-state index contributed by atoms with van der Waals surface area (Å²) in [6, 6.07) is 22.3. The van der Waals surface area contributed by atoms with E-state index in [1.807, 2.05) is 106 Å². The highest BCUT2D eigenvalue weighted by Gasteiger charge is 2.48. The van der Waals surface area contributed by atoms with E-state index in [0.29, 0.717) is 4.88 Å². The van der Waals surface area contributed by atoms with Crippen LogP contribution in [0, 0.1) is 0 Å². The molecule has 0 spiro atoms. The third-order valence-electron chi connectivity index (χ3n) is 12.9. The maximum atomic E-state index is 13.0. The number of hydrogen-bond donors (Lipinski definition) is 9. The number of carbonyl (C=O) groups is 5. The van der Waals surface area contributed by atoms with E-state index < -0.39 is 96.1 Å². The van der Waals surface area contributed by atoms with Crippen molar-refractivity contribution in [1.29, 1.82) is 0 Å². The van der Waals surface area contributed by atoms with Crippen molar-refractivity contribution in [2.45, 2.75) is 113 Å². The molecule has 0 aliphatic rings. The lowest BCUT2D eigenvalue weighted by Crippen LogP contribution is -2.60. The van der Waals surface area contributed by atoms with Gasteiger partial charge in [-0.05, 0) is 116 Å². The molecule has 0 aromatic carbocycles. The molecule has 0 saturated heterocycles. The summed E-state index contributed by atoms with van der Waals surface area (Å²) in [6.07, 6.45) is -10.3. The number of halogens is 8. The molecule has 10 N–H and O–H groups in total. The fourth-order valence-electron chi connectivity index (χ4n) is 7.25. The van der Waals surface area contributed by atoms with E-state index >= 15 is 0 Å². The molecular weight excluding hydrogens is 1400 g/mol. The molecule has 0 bridgehead atoms. The fraction of sp³-hybridized carbons (Fsp3) is 0.356. The monoisotopic (exact) mass is 1460 g/mol. The minimum Gasteiger partial charge on any atom is -0.468 e. The van der Waals surface area contributed by atoms with Crippen LogP contribution in [0.5, 0.6) is 0 Å². The average molecular weight is 1460 g/mol. The second-order valence-electron chi connectivity index (χ2n) is 19.9. The van der Waals surface area contributed by atoms with Crippen molar-refractivity contribution in [3.05, 3.63) is 138 Å². The molecule has 8 atom stereocenters. The molecule has 0 fully saturated rings. The van der Waals surface area contributed by atoms with Crippen LogP contribution in [-0.2, 0) is 46.5 Å². The Morgan fingerprint density at radius 1 is 0.527 bits per heavy atom. The Hall–Kier alpha value is -6.06. The highest BCUT2D eigenvalue weighted by atomic mass is 32.1. The number of alkyl halides is 8. The van der Waals surface area contributed by atoms with Gasteiger partial charge >= 0.3 is 17.9 Å². The van der Waals surface area contributed by atoms with Gasteiger partial charge in [-0.25, -0.2) is 45.4 Å². The Morgan fingerprint density at radius 3 is 1.30 bits per heavy atom. The molecule has 0 radical (unpaired) electrons. The smallest absolute Gasteiger partial charge is 0.333 e. The summed E-state index contributed by atoms with van der Waals surface area (Å²) in [4.78, 5) is 70.9. The minimum absolute atomic E-state index is 0.108. The number of aliphatic hydroxyl groups is 4. The summed E-state index contributed by atoms with van der Waals surface area (Å²) in [5.41, 5.74) is -3.20. The lowest BCUT2D eigenvalue weighted by atomic mass is 9.96. The quantitative estimate of drug-likeness (QED) is 0.00489. The number of nitrogens with zero attached hydrogens (tertiary/aromatic N) is 1. The number of esters is 3. The fourth-order valence-corrected chi connectivity index (χ4v) is 14.3. The van der Waals surface area contributed by atoms with Crippen LogP contribution in [0.2, 0.25) is 0 Å². The number of amides is 1. The van der Waals surface area contributed by atoms with Crippen LogP contribution >= 0.6 is 90.7 Å². The standard InChI is InChI=1S/C15H17F2NO3S2.C15H15F2NO3S2.C14H16F2N2O3S2.C9H6OS2.C6H11F2NO3/c2*1-15(20,14(16)17)12(13(19)21-2)18-8-9-5-6-11(23-9)10-4-3-7-22-10;1-14(20,13(15)16)11(12(19)18-21)17-7-8-4-5-10(23-8)9-3-2-6-22-9;10-5-7-4-9(12-6-7)8-2-1-3-11-8;1-6(11,5(7)8)3(9)4(10)12-2/h3-7,12,14,18,20H,8H2,1-2H3;3-8,12,14,20H,1-2H3;2-6,11,13,17,20-21H,7H2,1H3,(H,18,19);1-6H;3,5,11H,9H2,1-2H3/t2*12-,15+;11-,14+;;3-,6+/m111.1/s1. The van der Waals surface area contributed by atoms with Crippen LogP contribution in [0.4, 0.5) is 35.1 Å². The zero-order valence-electron chi connectivity index (χ0n) is 50.1. The first-order chi connectivity index (χ1) is 43.8. The Bertz CT molecular complexity index is 3430. The van der Waals surface area contributed by atoms with Gasteiger partial charge in [0, 0.05) is 83.9 Å². The number of thiophene rings is 8. The van der Waals surface area contributed by atoms with Crippen LogP contribution in [0.15, 0.2) is 123 Å². The van der Waals surface area contributed by atoms with Crippen LogP contribution in [-0.4, -0.2) is 156 Å². The molecule has 34 heteroatoms. The minimum atomic E-state index is -3.15. The van der Waals surface area contributed by atoms with Crippen LogP contribution in [0.1, 0.15) is 52.7 Å². The SMILES string of the molecule is COC(=O)[C@@H](N)[C@](C)(O)C(F)F.COC(=O)[C@@H](N=Cc1ccc(-c2cccs2)s1)[C@](C)(O)C(F)F.COC(=O)[C@@H](NCc1ccc(-c2cccs2)s1)[C@](C)(O)C(F)F.C[C@@](O)(C(F)F)[C@H](NCc1ccc(-c2cccs2)s1)C(=O)NO.O=Cc1csc(-c2cccs2)c1. The predicted octanol–water partition coefficient (Wildman–Crippen LogP) is 11.8. The van der Waals surface area contributed by atoms with Crippen molar-refractivity contribution in [2.24, 2.45) is 10.7 Å². The van der Waals surface area contributed by atoms with Crippen LogP contribution in [0.25, 0.3) is 39.0 Å². The first-order valence-corrected chi connectivity index (χ1v) is 33.6. The van der Waals surface area contributed by atoms with E-state index in [1.54, 1.807) is 62.8 Å². The van der Waals surface area contributed by atoms with Gasteiger partial charge in [-0.3, -0.25) is 40.0 Å². The summed E-state index contributed by atoms with van der Waals surface area (Å²) in [5.74, 6) is -4.13. The Kier molecular flexibility index (Phi) is 31.8. The molecule has 93 heavy (non-hydrogen) atoms. The molecular formula is C59H65F8N5O13S8. The first-order valence-electron chi connectivity index (χ1n) is 26.7. The summed E-state index contributed by atoms with van der Waals surface area (Å²) < 4.78 is 115. The third-order valence-corrected chi connectivity index (χ3v) is 21.3. The van der Waals surface area contributed by atoms with Crippen molar-refractivity contribution in [2.75, 3.05) is 21.3 Å². The van der Waals surface area contributed by atoms with Gasteiger partial charge in [-0.15, -0.1) is 90.7 Å². The normalized spacial score (nSPS) is 15.2. The molecule has 0 saturated carbocycles. The van der Waals surface area contributed by atoms with Crippen LogP contribution < -0.4 is 21.8 Å². The van der Waals surface area contributed by atoms with Gasteiger partial charge in [0.1, 0.15) is 34.9 Å². The van der Waals surface area contributed by atoms with Crippen molar-refractivity contribution in [1.82, 2.24) is 16.1 Å². The molecule has 0 aliphatic heterocycles. The Morgan fingerprint density at radius 2 is 0.925 bits per heavy atom.